The Balaban J connectivity index is 2.10. The van der Waals surface area contributed by atoms with E-state index in [9.17, 15) is 18.9 Å². The molecule has 10 heteroatoms. The molecule has 9 nitrogen and oxygen atoms in total. The molecule has 0 saturated heterocycles. The van der Waals surface area contributed by atoms with Gasteiger partial charge in [0.2, 0.25) is 7.37 Å². The van der Waals surface area contributed by atoms with Crippen molar-refractivity contribution in [2.24, 2.45) is 5.92 Å². The lowest BCUT2D eigenvalue weighted by Gasteiger charge is -2.22. The lowest BCUT2D eigenvalue weighted by molar-refractivity contribution is -0.146. The lowest BCUT2D eigenvalue weighted by atomic mass is 10.1. The number of hydrogen-bond donors (Lipinski definition) is 0. The first kappa shape index (κ1) is 27.1. The minimum Gasteiger partial charge on any atom is -0.469 e. The largest absolute Gasteiger partial charge is 0.469 e. The molecule has 0 N–H and O–H groups in total. The van der Waals surface area contributed by atoms with Gasteiger partial charge in [-0.25, -0.2) is 4.79 Å². The smallest absolute Gasteiger partial charge is 0.414 e. The molecule has 0 aliphatic heterocycles. The molecule has 0 saturated carbocycles. The van der Waals surface area contributed by atoms with Gasteiger partial charge in [-0.05, 0) is 36.2 Å². The standard InChI is InChI=1S/C24H30NO8P/c1-25(24(28)33-16-18-8-6-5-7-9-18)20-11-13-21(14-12-20)34(29,32-4)17-19(23(27)31-3)10-15-22(26)30-2/h5-9,11-14,19H,10,15-17H2,1-4H3. The summed E-state index contributed by atoms with van der Waals surface area (Å²) >= 11 is 0. The van der Waals surface area contributed by atoms with E-state index in [0.29, 0.717) is 11.0 Å². The van der Waals surface area contributed by atoms with Crippen LogP contribution in [0.3, 0.4) is 0 Å². The summed E-state index contributed by atoms with van der Waals surface area (Å²) in [6.07, 6.45) is -0.586. The summed E-state index contributed by atoms with van der Waals surface area (Å²) in [5.74, 6) is -1.88. The van der Waals surface area contributed by atoms with Gasteiger partial charge in [0.1, 0.15) is 6.61 Å². The number of methoxy groups -OCH3 is 2. The number of esters is 2. The van der Waals surface area contributed by atoms with E-state index in [2.05, 4.69) is 4.74 Å². The van der Waals surface area contributed by atoms with Gasteiger partial charge in [0.25, 0.3) is 0 Å². The second-order valence-corrected chi connectivity index (χ2v) is 10.1. The molecule has 0 aliphatic rings. The fourth-order valence-electron chi connectivity index (χ4n) is 3.24. The third-order valence-corrected chi connectivity index (χ3v) is 7.92. The maximum absolute atomic E-state index is 13.6. The van der Waals surface area contributed by atoms with Gasteiger partial charge >= 0.3 is 18.0 Å². The Hall–Kier alpha value is -3.16. The summed E-state index contributed by atoms with van der Waals surface area (Å²) in [4.78, 5) is 37.4. The van der Waals surface area contributed by atoms with Crippen molar-refractivity contribution < 1.29 is 37.7 Å². The normalized spacial score (nSPS) is 13.3. The number of carbonyl (C=O) groups excluding carboxylic acids is 3. The van der Waals surface area contributed by atoms with Gasteiger partial charge in [0, 0.05) is 37.7 Å². The predicted octanol–water partition coefficient (Wildman–Crippen LogP) is 3.75. The van der Waals surface area contributed by atoms with E-state index in [0.717, 1.165) is 5.56 Å². The zero-order chi connectivity index (χ0) is 25.1. The van der Waals surface area contributed by atoms with Gasteiger partial charge in [-0.15, -0.1) is 0 Å². The Bertz CT molecular complexity index is 1010. The van der Waals surface area contributed by atoms with Gasteiger partial charge in [0.15, 0.2) is 0 Å². The number of amides is 1. The van der Waals surface area contributed by atoms with Gasteiger partial charge in [-0.3, -0.25) is 19.1 Å². The van der Waals surface area contributed by atoms with Crippen LogP contribution in [0.5, 0.6) is 0 Å². The van der Waals surface area contributed by atoms with Crippen LogP contribution < -0.4 is 10.2 Å². The molecule has 0 fully saturated rings. The van der Waals surface area contributed by atoms with E-state index >= 15 is 0 Å². The molecule has 0 spiro atoms. The van der Waals surface area contributed by atoms with Crippen molar-refractivity contribution in [3.8, 4) is 0 Å². The summed E-state index contributed by atoms with van der Waals surface area (Å²) < 4.78 is 33.7. The van der Waals surface area contributed by atoms with Crippen LogP contribution in [-0.4, -0.2) is 52.6 Å². The van der Waals surface area contributed by atoms with Crippen molar-refractivity contribution in [3.63, 3.8) is 0 Å². The first-order chi connectivity index (χ1) is 16.2. The number of ether oxygens (including phenoxy) is 3. The van der Waals surface area contributed by atoms with Gasteiger partial charge in [-0.1, -0.05) is 30.3 Å². The number of rotatable bonds is 11. The van der Waals surface area contributed by atoms with E-state index in [-0.39, 0.29) is 25.6 Å². The van der Waals surface area contributed by atoms with Crippen LogP contribution in [0.25, 0.3) is 0 Å². The van der Waals surface area contributed by atoms with Crippen LogP contribution in [0.2, 0.25) is 0 Å². The molecule has 2 aromatic carbocycles. The van der Waals surface area contributed by atoms with Crippen LogP contribution in [0.1, 0.15) is 18.4 Å². The Kier molecular flexibility index (Phi) is 10.3. The Morgan fingerprint density at radius 3 is 2.15 bits per heavy atom. The highest BCUT2D eigenvalue weighted by Crippen LogP contribution is 2.47. The maximum Gasteiger partial charge on any atom is 0.414 e. The van der Waals surface area contributed by atoms with E-state index < -0.39 is 31.3 Å². The fourth-order valence-corrected chi connectivity index (χ4v) is 5.33. The minimum absolute atomic E-state index is 0.0190. The highest BCUT2D eigenvalue weighted by molar-refractivity contribution is 7.67. The summed E-state index contributed by atoms with van der Waals surface area (Å²) in [7, 11) is 1.90. The average molecular weight is 491 g/mol. The summed E-state index contributed by atoms with van der Waals surface area (Å²) in [5.41, 5.74) is 1.40. The van der Waals surface area contributed by atoms with Crippen molar-refractivity contribution in [1.82, 2.24) is 0 Å². The van der Waals surface area contributed by atoms with E-state index in [1.54, 1.807) is 31.3 Å². The fraction of sp³-hybridized carbons (Fsp3) is 0.375. The highest BCUT2D eigenvalue weighted by Gasteiger charge is 2.33. The quantitative estimate of drug-likeness (QED) is 0.266. The zero-order valence-corrected chi connectivity index (χ0v) is 20.7. The molecule has 0 aliphatic carbocycles. The topological polar surface area (TPSA) is 108 Å². The molecule has 2 rings (SSSR count). The number of anilines is 1. The summed E-state index contributed by atoms with van der Waals surface area (Å²) in [6, 6.07) is 15.7. The third-order valence-electron chi connectivity index (χ3n) is 5.32. The molecular formula is C24H30NO8P. The van der Waals surface area contributed by atoms with Crippen molar-refractivity contribution in [3.05, 3.63) is 60.2 Å². The number of nitrogens with zero attached hydrogens (tertiary/aromatic N) is 1. The Morgan fingerprint density at radius 1 is 0.941 bits per heavy atom. The molecule has 1 amide bonds. The van der Waals surface area contributed by atoms with E-state index in [1.165, 1.54) is 26.2 Å². The third kappa shape index (κ3) is 7.43. The number of benzene rings is 2. The minimum atomic E-state index is -3.46. The van der Waals surface area contributed by atoms with Crippen molar-refractivity contribution in [1.29, 1.82) is 0 Å². The van der Waals surface area contributed by atoms with Gasteiger partial charge in [-0.2, -0.15) is 0 Å². The van der Waals surface area contributed by atoms with Crippen LogP contribution in [0.4, 0.5) is 10.5 Å². The molecule has 184 valence electrons. The molecule has 2 atom stereocenters. The van der Waals surface area contributed by atoms with Gasteiger partial charge in [0.05, 0.1) is 20.1 Å². The zero-order valence-electron chi connectivity index (χ0n) is 19.8. The molecular weight excluding hydrogens is 461 g/mol. The second kappa shape index (κ2) is 12.9. The van der Waals surface area contributed by atoms with Crippen molar-refractivity contribution >= 4 is 36.4 Å². The molecule has 34 heavy (non-hydrogen) atoms. The molecule has 2 aromatic rings. The molecule has 0 radical (unpaired) electrons. The van der Waals surface area contributed by atoms with Crippen LogP contribution in [0.15, 0.2) is 54.6 Å². The molecule has 2 unspecified atom stereocenters. The molecule has 0 bridgehead atoms. The Labute approximate surface area is 199 Å². The van der Waals surface area contributed by atoms with Gasteiger partial charge < -0.3 is 18.7 Å². The maximum atomic E-state index is 13.6. The van der Waals surface area contributed by atoms with Crippen LogP contribution in [0, 0.1) is 5.92 Å². The van der Waals surface area contributed by atoms with E-state index in [1.807, 2.05) is 30.3 Å². The van der Waals surface area contributed by atoms with Crippen molar-refractivity contribution in [2.75, 3.05) is 39.4 Å². The summed E-state index contributed by atoms with van der Waals surface area (Å²) in [5, 5.41) is 0.372. The number of hydrogen-bond acceptors (Lipinski definition) is 8. The predicted molar refractivity (Wildman–Crippen MR) is 127 cm³/mol. The average Bonchev–Trinajstić information content (AvgIpc) is 2.88. The first-order valence-electron chi connectivity index (χ1n) is 10.6. The second-order valence-electron chi connectivity index (χ2n) is 7.49. The highest BCUT2D eigenvalue weighted by atomic mass is 31.2. The SMILES string of the molecule is COC(=O)CCC(CP(=O)(OC)c1ccc(N(C)C(=O)OCc2ccccc2)cc1)C(=O)OC. The molecule has 0 heterocycles. The Morgan fingerprint density at radius 2 is 1.59 bits per heavy atom. The van der Waals surface area contributed by atoms with Crippen molar-refractivity contribution in [2.45, 2.75) is 19.4 Å². The molecule has 0 aromatic heterocycles. The first-order valence-corrected chi connectivity index (χ1v) is 12.4. The number of carbonyl (C=O) groups is 3. The van der Waals surface area contributed by atoms with E-state index in [4.69, 9.17) is 14.0 Å². The summed E-state index contributed by atoms with van der Waals surface area (Å²) in [6.45, 7) is 0.140. The monoisotopic (exact) mass is 491 g/mol. The lowest BCUT2D eigenvalue weighted by Crippen LogP contribution is -2.27. The van der Waals surface area contributed by atoms with Crippen LogP contribution in [-0.2, 0) is 39.5 Å². The van der Waals surface area contributed by atoms with Crippen LogP contribution >= 0.6 is 7.37 Å².